The molecule has 0 unspecified atom stereocenters. The normalized spacial score (nSPS) is 11.9. The van der Waals surface area contributed by atoms with Gasteiger partial charge in [0.2, 0.25) is 0 Å². The summed E-state index contributed by atoms with van der Waals surface area (Å²) in [4.78, 5) is 0. The van der Waals surface area contributed by atoms with Crippen LogP contribution in [0, 0.1) is 0 Å². The molecule has 2 aromatic rings. The first kappa shape index (κ1) is 10.4. The van der Waals surface area contributed by atoms with Crippen molar-refractivity contribution in [3.8, 4) is 0 Å². The maximum atomic E-state index is 11.7. The van der Waals surface area contributed by atoms with Gasteiger partial charge in [0.15, 0.2) is 0 Å². The predicted octanol–water partition coefficient (Wildman–Crippen LogP) is 3.10. The lowest BCUT2D eigenvalue weighted by Gasteiger charge is -2.03. The summed E-state index contributed by atoms with van der Waals surface area (Å²) in [5, 5.41) is 2.46. The van der Waals surface area contributed by atoms with Crippen molar-refractivity contribution in [1.29, 1.82) is 0 Å². The molecule has 0 atom stereocenters. The Hall–Kier alpha value is -1.15. The van der Waals surface area contributed by atoms with Gasteiger partial charge in [-0.15, -0.1) is 4.21 Å². The van der Waals surface area contributed by atoms with Gasteiger partial charge in [-0.25, -0.2) is 0 Å². The fourth-order valence-electron chi connectivity index (χ4n) is 1.73. The molecular formula is C13H15OS+. The van der Waals surface area contributed by atoms with Gasteiger partial charge in [-0.1, -0.05) is 36.4 Å². The standard InChI is InChI=1S/C13H15OS/c1-15(2,14)10-11-7-8-12-5-3-4-6-13(12)9-11/h3-9H,10H2,1-2H3/q+1. The van der Waals surface area contributed by atoms with Crippen molar-refractivity contribution < 1.29 is 4.21 Å². The third-order valence-electron chi connectivity index (χ3n) is 2.33. The first-order valence-electron chi connectivity index (χ1n) is 4.94. The molecule has 0 aliphatic rings. The molecule has 0 N–H and O–H groups in total. The van der Waals surface area contributed by atoms with Crippen molar-refractivity contribution in [2.24, 2.45) is 0 Å². The molecule has 0 amide bonds. The summed E-state index contributed by atoms with van der Waals surface area (Å²) < 4.78 is 11.7. The minimum absolute atomic E-state index is 0.665. The van der Waals surface area contributed by atoms with E-state index in [9.17, 15) is 4.21 Å². The zero-order valence-corrected chi connectivity index (χ0v) is 9.88. The van der Waals surface area contributed by atoms with Crippen LogP contribution >= 0.6 is 0 Å². The molecule has 2 rings (SSSR count). The van der Waals surface area contributed by atoms with Crippen LogP contribution in [0.25, 0.3) is 10.8 Å². The minimum atomic E-state index is -1.70. The van der Waals surface area contributed by atoms with Crippen LogP contribution in [0.15, 0.2) is 42.5 Å². The van der Waals surface area contributed by atoms with E-state index >= 15 is 0 Å². The highest BCUT2D eigenvalue weighted by Crippen LogP contribution is 2.17. The van der Waals surface area contributed by atoms with Crippen LogP contribution in [-0.4, -0.2) is 12.5 Å². The molecule has 0 heterocycles. The van der Waals surface area contributed by atoms with E-state index in [1.54, 1.807) is 0 Å². The monoisotopic (exact) mass is 219 g/mol. The van der Waals surface area contributed by atoms with Gasteiger partial charge in [0.05, 0.1) is 9.93 Å². The van der Waals surface area contributed by atoms with Crippen molar-refractivity contribution in [2.45, 2.75) is 5.75 Å². The molecule has 0 fully saturated rings. The van der Waals surface area contributed by atoms with Crippen LogP contribution in [-0.2, 0) is 19.9 Å². The highest BCUT2D eigenvalue weighted by molar-refractivity contribution is 8.00. The summed E-state index contributed by atoms with van der Waals surface area (Å²) in [6, 6.07) is 14.5. The van der Waals surface area contributed by atoms with Gasteiger partial charge in [0.25, 0.3) is 0 Å². The highest BCUT2D eigenvalue weighted by atomic mass is 32.2. The zero-order chi connectivity index (χ0) is 10.9. The van der Waals surface area contributed by atoms with E-state index in [0.717, 1.165) is 5.56 Å². The first-order chi connectivity index (χ1) is 7.04. The maximum absolute atomic E-state index is 11.7. The first-order valence-corrected chi connectivity index (χ1v) is 7.48. The molecule has 0 aromatic heterocycles. The summed E-state index contributed by atoms with van der Waals surface area (Å²) in [5.74, 6) is 0.665. The molecule has 0 aliphatic carbocycles. The quantitative estimate of drug-likeness (QED) is 0.709. The molecule has 78 valence electrons. The van der Waals surface area contributed by atoms with Crippen molar-refractivity contribution in [3.05, 3.63) is 48.0 Å². The molecule has 2 heteroatoms. The van der Waals surface area contributed by atoms with E-state index < -0.39 is 9.93 Å². The SMILES string of the molecule is C[S+](C)(=O)Cc1ccc2ccccc2c1. The number of hydrogen-bond donors (Lipinski definition) is 0. The van der Waals surface area contributed by atoms with E-state index in [-0.39, 0.29) is 0 Å². The van der Waals surface area contributed by atoms with Gasteiger partial charge in [-0.3, -0.25) is 0 Å². The molecule has 15 heavy (non-hydrogen) atoms. The van der Waals surface area contributed by atoms with Crippen LogP contribution in [0.4, 0.5) is 0 Å². The van der Waals surface area contributed by atoms with E-state index in [0.29, 0.717) is 5.75 Å². The number of benzene rings is 2. The second-order valence-corrected chi connectivity index (χ2v) is 7.42. The van der Waals surface area contributed by atoms with Gasteiger partial charge in [-0.05, 0) is 16.8 Å². The lowest BCUT2D eigenvalue weighted by Crippen LogP contribution is -2.07. The van der Waals surface area contributed by atoms with Crippen LogP contribution in [0.3, 0.4) is 0 Å². The summed E-state index contributed by atoms with van der Waals surface area (Å²) in [5.41, 5.74) is 1.16. The number of hydrogen-bond acceptors (Lipinski definition) is 1. The Bertz CT molecular complexity index is 525. The molecule has 0 saturated heterocycles. The lowest BCUT2D eigenvalue weighted by molar-refractivity contribution is 0.590. The van der Waals surface area contributed by atoms with Gasteiger partial charge < -0.3 is 0 Å². The molecule has 1 nitrogen and oxygen atoms in total. The fraction of sp³-hybridized carbons (Fsp3) is 0.231. The van der Waals surface area contributed by atoms with Crippen LogP contribution in [0.1, 0.15) is 5.56 Å². The Morgan fingerprint density at radius 1 is 1.00 bits per heavy atom. The molecule has 0 saturated carbocycles. The van der Waals surface area contributed by atoms with Crippen LogP contribution in [0.2, 0.25) is 0 Å². The third-order valence-corrected chi connectivity index (χ3v) is 3.36. The van der Waals surface area contributed by atoms with Gasteiger partial charge in [0, 0.05) is 5.56 Å². The minimum Gasteiger partial charge on any atom is -0.106 e. The predicted molar refractivity (Wildman–Crippen MR) is 67.6 cm³/mol. The lowest BCUT2D eigenvalue weighted by atomic mass is 10.1. The summed E-state index contributed by atoms with van der Waals surface area (Å²) in [7, 11) is -1.70. The van der Waals surface area contributed by atoms with Crippen molar-refractivity contribution in [3.63, 3.8) is 0 Å². The van der Waals surface area contributed by atoms with Crippen molar-refractivity contribution >= 4 is 20.7 Å². The molecule has 2 aromatic carbocycles. The number of fused-ring (bicyclic) bond motifs is 1. The zero-order valence-electron chi connectivity index (χ0n) is 9.07. The van der Waals surface area contributed by atoms with E-state index in [2.05, 4.69) is 30.3 Å². The average molecular weight is 219 g/mol. The summed E-state index contributed by atoms with van der Waals surface area (Å²) in [6.45, 7) is 0. The largest absolute Gasteiger partial charge is 0.136 e. The second kappa shape index (κ2) is 3.78. The number of rotatable bonds is 2. The molecular weight excluding hydrogens is 204 g/mol. The summed E-state index contributed by atoms with van der Waals surface area (Å²) in [6.07, 6.45) is 3.62. The molecule has 0 bridgehead atoms. The van der Waals surface area contributed by atoms with E-state index in [1.807, 2.05) is 24.6 Å². The third kappa shape index (κ3) is 2.66. The van der Waals surface area contributed by atoms with Gasteiger partial charge in [0.1, 0.15) is 18.3 Å². The van der Waals surface area contributed by atoms with E-state index in [1.165, 1.54) is 10.8 Å². The second-order valence-electron chi connectivity index (χ2n) is 4.26. The van der Waals surface area contributed by atoms with Crippen molar-refractivity contribution in [1.82, 2.24) is 0 Å². The van der Waals surface area contributed by atoms with Crippen LogP contribution < -0.4 is 0 Å². The van der Waals surface area contributed by atoms with Crippen LogP contribution in [0.5, 0.6) is 0 Å². The van der Waals surface area contributed by atoms with Gasteiger partial charge >= 0.3 is 0 Å². The molecule has 0 aliphatic heterocycles. The maximum Gasteiger partial charge on any atom is 0.136 e. The average Bonchev–Trinajstić information content (AvgIpc) is 2.15. The molecule has 0 spiro atoms. The van der Waals surface area contributed by atoms with Gasteiger partial charge in [-0.2, -0.15) is 0 Å². The highest BCUT2D eigenvalue weighted by Gasteiger charge is 2.13. The van der Waals surface area contributed by atoms with Crippen molar-refractivity contribution in [2.75, 3.05) is 12.5 Å². The Morgan fingerprint density at radius 2 is 1.67 bits per heavy atom. The Morgan fingerprint density at radius 3 is 2.33 bits per heavy atom. The smallest absolute Gasteiger partial charge is 0.106 e. The Balaban J connectivity index is 2.43. The van der Waals surface area contributed by atoms with E-state index in [4.69, 9.17) is 0 Å². The molecule has 0 radical (unpaired) electrons. The Labute approximate surface area is 91.6 Å². The fourth-order valence-corrected chi connectivity index (χ4v) is 2.71. The summed E-state index contributed by atoms with van der Waals surface area (Å²) >= 11 is 0. The topological polar surface area (TPSA) is 17.1 Å². The Kier molecular flexibility index (Phi) is 2.61.